The van der Waals surface area contributed by atoms with Crippen LogP contribution in [-0.4, -0.2) is 41.3 Å². The lowest BCUT2D eigenvalue weighted by Crippen LogP contribution is -2.07. The Morgan fingerprint density at radius 1 is 1.12 bits per heavy atom. The number of fused-ring (bicyclic) bond motifs is 1. The maximum Gasteiger partial charge on any atom is 0.348 e. The summed E-state index contributed by atoms with van der Waals surface area (Å²) in [6.45, 7) is 2.71. The standard InChI is InChI=1S/C24H22N6O2S/c1-2-3-8-20-25-19-14-33-22(24(31)32)21(19)30(20)13-15-9-11-16(12-10-15)17-6-4-5-7-18(17)23-26-28-29-27-23/h4-7,9-12,14H,2-3,8,13H2,1H3,(H,31,32)(H,26,27,28,29). The molecule has 0 unspecified atom stereocenters. The van der Waals surface area contributed by atoms with Crippen molar-refractivity contribution in [1.29, 1.82) is 0 Å². The van der Waals surface area contributed by atoms with Crippen LogP contribution in [0.2, 0.25) is 0 Å². The zero-order valence-corrected chi connectivity index (χ0v) is 18.8. The third-order valence-corrected chi connectivity index (χ3v) is 6.59. The first-order valence-corrected chi connectivity index (χ1v) is 11.7. The van der Waals surface area contributed by atoms with E-state index in [1.165, 1.54) is 11.3 Å². The summed E-state index contributed by atoms with van der Waals surface area (Å²) < 4.78 is 2.06. The Balaban J connectivity index is 1.50. The fourth-order valence-electron chi connectivity index (χ4n) is 4.04. The monoisotopic (exact) mass is 458 g/mol. The van der Waals surface area contributed by atoms with Crippen molar-refractivity contribution < 1.29 is 9.90 Å². The second-order valence-corrected chi connectivity index (χ2v) is 8.68. The van der Waals surface area contributed by atoms with Gasteiger partial charge in [-0.25, -0.2) is 9.78 Å². The summed E-state index contributed by atoms with van der Waals surface area (Å²) in [6.07, 6.45) is 2.89. The number of tetrazole rings is 1. The molecular formula is C24H22N6O2S. The van der Waals surface area contributed by atoms with Crippen LogP contribution in [0.5, 0.6) is 0 Å². The van der Waals surface area contributed by atoms with Crippen molar-refractivity contribution in [3.05, 3.63) is 70.2 Å². The van der Waals surface area contributed by atoms with Gasteiger partial charge >= 0.3 is 5.97 Å². The number of aromatic amines is 1. The molecule has 0 saturated carbocycles. The Morgan fingerprint density at radius 2 is 1.91 bits per heavy atom. The molecule has 2 N–H and O–H groups in total. The highest BCUT2D eigenvalue weighted by Crippen LogP contribution is 2.31. The van der Waals surface area contributed by atoms with Crippen LogP contribution < -0.4 is 0 Å². The van der Waals surface area contributed by atoms with E-state index in [9.17, 15) is 9.90 Å². The first-order valence-electron chi connectivity index (χ1n) is 10.8. The number of benzene rings is 2. The number of H-pyrrole nitrogens is 1. The Morgan fingerprint density at radius 3 is 2.61 bits per heavy atom. The van der Waals surface area contributed by atoms with E-state index in [1.54, 1.807) is 0 Å². The van der Waals surface area contributed by atoms with E-state index < -0.39 is 5.97 Å². The third-order valence-electron chi connectivity index (χ3n) is 5.64. The van der Waals surface area contributed by atoms with Crippen LogP contribution in [-0.2, 0) is 13.0 Å². The summed E-state index contributed by atoms with van der Waals surface area (Å²) in [5.41, 5.74) is 5.52. The molecule has 0 saturated heterocycles. The Kier molecular flexibility index (Phi) is 5.70. The molecule has 166 valence electrons. The number of thiophene rings is 1. The van der Waals surface area contributed by atoms with E-state index in [2.05, 4.69) is 56.4 Å². The molecule has 2 aromatic carbocycles. The first-order chi connectivity index (χ1) is 16.2. The quantitative estimate of drug-likeness (QED) is 0.337. The molecule has 0 atom stereocenters. The van der Waals surface area contributed by atoms with Gasteiger partial charge in [-0.15, -0.1) is 21.5 Å². The van der Waals surface area contributed by atoms with Gasteiger partial charge in [0.1, 0.15) is 16.2 Å². The average Bonchev–Trinajstić information content (AvgIpc) is 3.57. The fourth-order valence-corrected chi connectivity index (χ4v) is 4.86. The molecule has 0 radical (unpaired) electrons. The number of aromatic nitrogens is 6. The summed E-state index contributed by atoms with van der Waals surface area (Å²) in [7, 11) is 0. The molecule has 9 heteroatoms. The van der Waals surface area contributed by atoms with Crippen molar-refractivity contribution >= 4 is 28.3 Å². The Bertz CT molecular complexity index is 1400. The molecule has 3 heterocycles. The third kappa shape index (κ3) is 4.03. The Hall–Kier alpha value is -3.85. The number of aryl methyl sites for hydroxylation is 1. The van der Waals surface area contributed by atoms with Crippen LogP contribution in [0, 0.1) is 0 Å². The number of imidazole rings is 1. The number of hydrogen-bond acceptors (Lipinski definition) is 6. The van der Waals surface area contributed by atoms with E-state index in [0.29, 0.717) is 22.8 Å². The number of unbranched alkanes of at least 4 members (excludes halogenated alkanes) is 1. The minimum atomic E-state index is -0.911. The summed E-state index contributed by atoms with van der Waals surface area (Å²) in [6, 6.07) is 16.2. The zero-order valence-electron chi connectivity index (χ0n) is 18.0. The highest BCUT2D eigenvalue weighted by molar-refractivity contribution is 7.13. The van der Waals surface area contributed by atoms with Crippen LogP contribution in [0.1, 0.15) is 40.8 Å². The highest BCUT2D eigenvalue weighted by atomic mass is 32.1. The van der Waals surface area contributed by atoms with Crippen LogP contribution in [0.15, 0.2) is 53.9 Å². The minimum Gasteiger partial charge on any atom is -0.477 e. The van der Waals surface area contributed by atoms with Gasteiger partial charge < -0.3 is 9.67 Å². The normalized spacial score (nSPS) is 11.3. The number of nitrogens with one attached hydrogen (secondary N) is 1. The zero-order chi connectivity index (χ0) is 22.8. The first kappa shape index (κ1) is 21.0. The molecule has 8 nitrogen and oxygen atoms in total. The predicted molar refractivity (Wildman–Crippen MR) is 127 cm³/mol. The van der Waals surface area contributed by atoms with Gasteiger partial charge in [0.15, 0.2) is 0 Å². The smallest absolute Gasteiger partial charge is 0.348 e. The number of carboxylic acids is 1. The molecule has 3 aromatic heterocycles. The minimum absolute atomic E-state index is 0.339. The lowest BCUT2D eigenvalue weighted by atomic mass is 9.98. The SMILES string of the molecule is CCCCc1nc2csc(C(=O)O)c2n1Cc1ccc(-c2ccccc2-c2nn[nH]n2)cc1. The number of rotatable bonds is 8. The van der Waals surface area contributed by atoms with Crippen molar-refractivity contribution in [2.24, 2.45) is 0 Å². The molecule has 0 bridgehead atoms. The van der Waals surface area contributed by atoms with Crippen molar-refractivity contribution in [3.63, 3.8) is 0 Å². The number of carbonyl (C=O) groups is 1. The number of carboxylic acid groups (broad SMARTS) is 1. The number of nitrogens with zero attached hydrogens (tertiary/aromatic N) is 5. The second kappa shape index (κ2) is 8.95. The Labute approximate surface area is 193 Å². The van der Waals surface area contributed by atoms with Crippen LogP contribution in [0.4, 0.5) is 0 Å². The maximum atomic E-state index is 11.8. The molecule has 5 rings (SSSR count). The largest absolute Gasteiger partial charge is 0.477 e. The molecule has 0 aliphatic heterocycles. The lowest BCUT2D eigenvalue weighted by molar-refractivity contribution is 0.0703. The summed E-state index contributed by atoms with van der Waals surface area (Å²) in [4.78, 5) is 16.9. The van der Waals surface area contributed by atoms with Gasteiger partial charge in [0.2, 0.25) is 5.82 Å². The van der Waals surface area contributed by atoms with E-state index >= 15 is 0 Å². The van der Waals surface area contributed by atoms with Crippen LogP contribution in [0.25, 0.3) is 33.5 Å². The molecule has 0 aliphatic rings. The van der Waals surface area contributed by atoms with Gasteiger partial charge in [-0.05, 0) is 28.3 Å². The van der Waals surface area contributed by atoms with E-state index in [4.69, 9.17) is 4.98 Å². The molecule has 33 heavy (non-hydrogen) atoms. The van der Waals surface area contributed by atoms with Gasteiger partial charge in [-0.1, -0.05) is 61.9 Å². The molecule has 5 aromatic rings. The number of aromatic carboxylic acids is 1. The maximum absolute atomic E-state index is 11.8. The molecular weight excluding hydrogens is 436 g/mol. The van der Waals surface area contributed by atoms with E-state index in [0.717, 1.165) is 52.9 Å². The van der Waals surface area contributed by atoms with Crippen molar-refractivity contribution in [2.75, 3.05) is 0 Å². The van der Waals surface area contributed by atoms with Gasteiger partial charge in [0.05, 0.1) is 5.52 Å². The number of hydrogen-bond donors (Lipinski definition) is 2. The van der Waals surface area contributed by atoms with E-state index in [-0.39, 0.29) is 0 Å². The van der Waals surface area contributed by atoms with Crippen molar-refractivity contribution in [3.8, 4) is 22.5 Å². The van der Waals surface area contributed by atoms with Crippen LogP contribution in [0.3, 0.4) is 0 Å². The summed E-state index contributed by atoms with van der Waals surface area (Å²) >= 11 is 1.23. The van der Waals surface area contributed by atoms with Gasteiger partial charge in [0, 0.05) is 23.9 Å². The summed E-state index contributed by atoms with van der Waals surface area (Å²) in [5, 5.41) is 25.9. The van der Waals surface area contributed by atoms with Gasteiger partial charge in [-0.3, -0.25) is 0 Å². The van der Waals surface area contributed by atoms with Gasteiger partial charge in [-0.2, -0.15) is 5.21 Å². The van der Waals surface area contributed by atoms with Crippen molar-refractivity contribution in [1.82, 2.24) is 30.2 Å². The molecule has 0 spiro atoms. The summed E-state index contributed by atoms with van der Waals surface area (Å²) in [5.74, 6) is 0.574. The van der Waals surface area contributed by atoms with Gasteiger partial charge in [0.25, 0.3) is 0 Å². The van der Waals surface area contributed by atoms with Crippen LogP contribution >= 0.6 is 11.3 Å². The molecule has 0 amide bonds. The lowest BCUT2D eigenvalue weighted by Gasteiger charge is -2.11. The highest BCUT2D eigenvalue weighted by Gasteiger charge is 2.20. The fraction of sp³-hybridized carbons (Fsp3) is 0.208. The molecule has 0 aliphatic carbocycles. The second-order valence-electron chi connectivity index (χ2n) is 7.80. The average molecular weight is 459 g/mol. The molecule has 0 fully saturated rings. The predicted octanol–water partition coefficient (Wildman–Crippen LogP) is 5.03. The van der Waals surface area contributed by atoms with Crippen molar-refractivity contribution in [2.45, 2.75) is 32.7 Å². The van der Waals surface area contributed by atoms with E-state index in [1.807, 2.05) is 29.6 Å². The topological polar surface area (TPSA) is 110 Å².